The van der Waals surface area contributed by atoms with Gasteiger partial charge in [-0.05, 0) is 24.3 Å². The minimum Gasteiger partial charge on any atom is -0.347 e. The highest BCUT2D eigenvalue weighted by Crippen LogP contribution is 2.31. The van der Waals surface area contributed by atoms with E-state index in [9.17, 15) is 26.3 Å². The lowest BCUT2D eigenvalue weighted by atomic mass is 10.0. The van der Waals surface area contributed by atoms with Crippen molar-refractivity contribution in [1.82, 2.24) is 15.3 Å². The summed E-state index contributed by atoms with van der Waals surface area (Å²) in [6, 6.07) is 5.45. The molecule has 0 saturated carbocycles. The lowest BCUT2D eigenvalue weighted by Gasteiger charge is -2.36. The van der Waals surface area contributed by atoms with E-state index in [1.807, 2.05) is 0 Å². The molecule has 0 fully saturated rings. The van der Waals surface area contributed by atoms with Crippen molar-refractivity contribution in [1.29, 1.82) is 0 Å². The van der Waals surface area contributed by atoms with E-state index in [0.29, 0.717) is 0 Å². The predicted molar refractivity (Wildman–Crippen MR) is 102 cm³/mol. The Bertz CT molecular complexity index is 1030. The molecule has 1 unspecified atom stereocenters. The predicted octanol–water partition coefficient (Wildman–Crippen LogP) is 4.24. The second-order valence-electron chi connectivity index (χ2n) is 7.12. The zero-order valence-electron chi connectivity index (χ0n) is 16.3. The van der Waals surface area contributed by atoms with Crippen LogP contribution in [0.25, 0.3) is 5.70 Å². The summed E-state index contributed by atoms with van der Waals surface area (Å²) in [5.41, 5.74) is 4.17. The Morgan fingerprint density at radius 3 is 2.32 bits per heavy atom. The Kier molecular flexibility index (Phi) is 5.70. The molecule has 2 aromatic rings. The molecule has 0 radical (unpaired) electrons. The van der Waals surface area contributed by atoms with Gasteiger partial charge in [0.25, 0.3) is 0 Å². The average Bonchev–Trinajstić information content (AvgIpc) is 2.66. The number of nitrogens with zero attached hydrogens (tertiary/aromatic N) is 3. The molecule has 31 heavy (non-hydrogen) atoms. The first kappa shape index (κ1) is 22.5. The maximum absolute atomic E-state index is 13.1. The largest absolute Gasteiger partial charge is 0.433 e. The standard InChI is InChI=1S/C19H18F6N6/c1-10(2)19(26)30-13(12-4-3-5-14(29-12)17(20,21)22)9-16(31-19)28-11-6-7-27-15(8-11)18(23,24)25/h3-10,30H,26H2,1-2H3,(H,27,28,31). The summed E-state index contributed by atoms with van der Waals surface area (Å²) in [6.45, 7) is 3.45. The average molecular weight is 444 g/mol. The third-order valence-corrected chi connectivity index (χ3v) is 4.44. The van der Waals surface area contributed by atoms with Gasteiger partial charge in [-0.15, -0.1) is 0 Å². The van der Waals surface area contributed by atoms with Crippen molar-refractivity contribution in [2.75, 3.05) is 5.32 Å². The number of halogens is 6. The van der Waals surface area contributed by atoms with Crippen molar-refractivity contribution in [2.24, 2.45) is 16.6 Å². The van der Waals surface area contributed by atoms with Crippen LogP contribution in [0.4, 0.5) is 32.0 Å². The normalized spacial score (nSPS) is 19.5. The highest BCUT2D eigenvalue weighted by atomic mass is 19.4. The van der Waals surface area contributed by atoms with E-state index >= 15 is 0 Å². The highest BCUT2D eigenvalue weighted by molar-refractivity contribution is 6.08. The fourth-order valence-corrected chi connectivity index (χ4v) is 2.68. The van der Waals surface area contributed by atoms with Crippen LogP contribution in [-0.4, -0.2) is 21.6 Å². The van der Waals surface area contributed by atoms with Gasteiger partial charge in [-0.2, -0.15) is 26.3 Å². The van der Waals surface area contributed by atoms with Crippen LogP contribution in [0.1, 0.15) is 30.9 Å². The summed E-state index contributed by atoms with van der Waals surface area (Å²) >= 11 is 0. The third-order valence-electron chi connectivity index (χ3n) is 4.44. The number of pyridine rings is 2. The summed E-state index contributed by atoms with van der Waals surface area (Å²) in [7, 11) is 0. The van der Waals surface area contributed by atoms with E-state index < -0.39 is 29.5 Å². The number of hydrogen-bond acceptors (Lipinski definition) is 6. The number of anilines is 1. The fraction of sp³-hybridized carbons (Fsp3) is 0.316. The molecule has 0 amide bonds. The van der Waals surface area contributed by atoms with Crippen LogP contribution in [0.2, 0.25) is 0 Å². The molecule has 1 aliphatic heterocycles. The van der Waals surface area contributed by atoms with Crippen LogP contribution in [0.15, 0.2) is 47.6 Å². The van der Waals surface area contributed by atoms with Crippen molar-refractivity contribution in [3.63, 3.8) is 0 Å². The molecule has 0 aliphatic carbocycles. The lowest BCUT2D eigenvalue weighted by Crippen LogP contribution is -2.57. The van der Waals surface area contributed by atoms with Crippen molar-refractivity contribution in [2.45, 2.75) is 32.0 Å². The van der Waals surface area contributed by atoms with Gasteiger partial charge in [-0.1, -0.05) is 19.9 Å². The number of hydrogen-bond donors (Lipinski definition) is 3. The van der Waals surface area contributed by atoms with Gasteiger partial charge >= 0.3 is 12.4 Å². The molecule has 166 valence electrons. The van der Waals surface area contributed by atoms with Gasteiger partial charge in [0.15, 0.2) is 5.79 Å². The Morgan fingerprint density at radius 2 is 1.71 bits per heavy atom. The minimum atomic E-state index is -4.65. The molecule has 6 nitrogen and oxygen atoms in total. The Balaban J connectivity index is 2.01. The number of amidine groups is 1. The molecule has 12 heteroatoms. The summed E-state index contributed by atoms with van der Waals surface area (Å²) in [5.74, 6) is -1.73. The molecule has 1 aliphatic rings. The fourth-order valence-electron chi connectivity index (χ4n) is 2.68. The molecular weight excluding hydrogens is 426 g/mol. The highest BCUT2D eigenvalue weighted by Gasteiger charge is 2.36. The first-order chi connectivity index (χ1) is 14.3. The number of aromatic nitrogens is 2. The van der Waals surface area contributed by atoms with E-state index in [-0.39, 0.29) is 28.8 Å². The maximum atomic E-state index is 13.1. The van der Waals surface area contributed by atoms with E-state index in [1.165, 1.54) is 24.3 Å². The first-order valence-corrected chi connectivity index (χ1v) is 9.01. The van der Waals surface area contributed by atoms with Crippen LogP contribution in [0.3, 0.4) is 0 Å². The van der Waals surface area contributed by atoms with E-state index in [4.69, 9.17) is 5.73 Å². The van der Waals surface area contributed by atoms with E-state index in [2.05, 4.69) is 25.6 Å². The SMILES string of the molecule is CC(C)C1(N)N=C(Nc2ccnc(C(F)(F)F)c2)C=C(c2cccc(C(F)(F)F)n2)N1. The topological polar surface area (TPSA) is 88.2 Å². The second-order valence-corrected chi connectivity index (χ2v) is 7.12. The van der Waals surface area contributed by atoms with Crippen molar-refractivity contribution >= 4 is 17.2 Å². The molecule has 0 bridgehead atoms. The van der Waals surface area contributed by atoms with Crippen LogP contribution in [0.5, 0.6) is 0 Å². The van der Waals surface area contributed by atoms with Gasteiger partial charge in [0, 0.05) is 23.9 Å². The number of nitrogens with two attached hydrogens (primary N) is 1. The van der Waals surface area contributed by atoms with Gasteiger partial charge in [0.1, 0.15) is 17.2 Å². The minimum absolute atomic E-state index is 0.0293. The van der Waals surface area contributed by atoms with E-state index in [1.54, 1.807) is 13.8 Å². The summed E-state index contributed by atoms with van der Waals surface area (Å²) in [4.78, 5) is 11.2. The monoisotopic (exact) mass is 444 g/mol. The van der Waals surface area contributed by atoms with Gasteiger partial charge in [-0.25, -0.2) is 9.98 Å². The second kappa shape index (κ2) is 7.84. The Labute approximate surface area is 173 Å². The first-order valence-electron chi connectivity index (χ1n) is 9.01. The molecular formula is C19H18F6N6. The Hall–Kier alpha value is -3.15. The van der Waals surface area contributed by atoms with E-state index in [0.717, 1.165) is 18.3 Å². The zero-order valence-corrected chi connectivity index (χ0v) is 16.3. The molecule has 0 spiro atoms. The number of alkyl halides is 6. The summed E-state index contributed by atoms with van der Waals surface area (Å²) in [6.07, 6.45) is -7.00. The number of aliphatic imine (C=N–C) groups is 1. The zero-order chi connectivity index (χ0) is 23.0. The van der Waals surface area contributed by atoms with Crippen LogP contribution in [0, 0.1) is 5.92 Å². The smallest absolute Gasteiger partial charge is 0.347 e. The molecule has 3 rings (SSSR count). The summed E-state index contributed by atoms with van der Waals surface area (Å²) < 4.78 is 77.9. The van der Waals surface area contributed by atoms with Gasteiger partial charge in [-0.3, -0.25) is 10.7 Å². The summed E-state index contributed by atoms with van der Waals surface area (Å²) in [5, 5.41) is 5.58. The lowest BCUT2D eigenvalue weighted by molar-refractivity contribution is -0.141. The van der Waals surface area contributed by atoms with Crippen LogP contribution < -0.4 is 16.4 Å². The molecule has 1 atom stereocenters. The van der Waals surface area contributed by atoms with Crippen molar-refractivity contribution in [3.05, 3.63) is 59.7 Å². The van der Waals surface area contributed by atoms with Crippen LogP contribution in [-0.2, 0) is 12.4 Å². The molecule has 0 saturated heterocycles. The van der Waals surface area contributed by atoms with Crippen LogP contribution >= 0.6 is 0 Å². The van der Waals surface area contributed by atoms with Gasteiger partial charge in [0.2, 0.25) is 0 Å². The quantitative estimate of drug-likeness (QED) is 0.617. The number of rotatable bonds is 3. The maximum Gasteiger partial charge on any atom is 0.433 e. The Morgan fingerprint density at radius 1 is 1.03 bits per heavy atom. The third kappa shape index (κ3) is 5.13. The van der Waals surface area contributed by atoms with Crippen molar-refractivity contribution in [3.8, 4) is 0 Å². The van der Waals surface area contributed by atoms with Crippen molar-refractivity contribution < 1.29 is 26.3 Å². The molecule has 0 aromatic carbocycles. The molecule has 2 aromatic heterocycles. The van der Waals surface area contributed by atoms with Gasteiger partial charge in [0.05, 0.1) is 11.4 Å². The molecule has 4 N–H and O–H groups in total. The van der Waals surface area contributed by atoms with Gasteiger partial charge < -0.3 is 10.6 Å². The molecule has 3 heterocycles. The number of nitrogens with one attached hydrogen (secondary N) is 2.